The Hall–Kier alpha value is -2.73. The number of amides is 2. The van der Waals surface area contributed by atoms with Crippen LogP contribution in [0, 0.1) is 6.92 Å². The summed E-state index contributed by atoms with van der Waals surface area (Å²) < 4.78 is 11.2. The van der Waals surface area contributed by atoms with Gasteiger partial charge in [-0.15, -0.1) is 0 Å². The Bertz CT molecular complexity index is 975. The van der Waals surface area contributed by atoms with Crippen LogP contribution in [0.2, 0.25) is 5.02 Å². The molecule has 0 atom stereocenters. The first-order chi connectivity index (χ1) is 14.8. The molecule has 0 unspecified atom stereocenters. The van der Waals surface area contributed by atoms with Crippen molar-refractivity contribution in [3.8, 4) is 11.5 Å². The van der Waals surface area contributed by atoms with Crippen molar-refractivity contribution in [3.63, 3.8) is 0 Å². The van der Waals surface area contributed by atoms with Gasteiger partial charge < -0.3 is 9.47 Å². The quantitative estimate of drug-likeness (QED) is 0.604. The molecule has 32 heavy (non-hydrogen) atoms. The van der Waals surface area contributed by atoms with E-state index in [0.29, 0.717) is 16.5 Å². The summed E-state index contributed by atoms with van der Waals surface area (Å²) in [4.78, 5) is 24.1. The highest BCUT2D eigenvalue weighted by Crippen LogP contribution is 2.35. The summed E-state index contributed by atoms with van der Waals surface area (Å²) in [6.45, 7) is 14.1. The van der Waals surface area contributed by atoms with Crippen molar-refractivity contribution in [2.45, 2.75) is 59.3 Å². The van der Waals surface area contributed by atoms with Crippen molar-refractivity contribution in [2.75, 3.05) is 13.2 Å². The van der Waals surface area contributed by atoms with Gasteiger partial charge in [0.15, 0.2) is 13.2 Å². The second-order valence-electron chi connectivity index (χ2n) is 9.79. The summed E-state index contributed by atoms with van der Waals surface area (Å²) in [5.74, 6) is 0.236. The van der Waals surface area contributed by atoms with E-state index >= 15 is 0 Å². The zero-order chi connectivity index (χ0) is 24.1. The molecule has 0 saturated heterocycles. The molecule has 6 nitrogen and oxygen atoms in total. The van der Waals surface area contributed by atoms with Crippen LogP contribution >= 0.6 is 11.6 Å². The van der Waals surface area contributed by atoms with E-state index in [1.807, 2.05) is 19.1 Å². The molecule has 0 aliphatic carbocycles. The highest BCUT2D eigenvalue weighted by molar-refractivity contribution is 6.30. The normalized spacial score (nSPS) is 11.6. The molecule has 2 N–H and O–H groups in total. The lowest BCUT2D eigenvalue weighted by molar-refractivity contribution is -0.131. The molecule has 0 aliphatic rings. The second kappa shape index (κ2) is 10.3. The monoisotopic (exact) mass is 460 g/mol. The molecule has 174 valence electrons. The summed E-state index contributed by atoms with van der Waals surface area (Å²) in [7, 11) is 0. The van der Waals surface area contributed by atoms with Crippen LogP contribution < -0.4 is 20.3 Å². The van der Waals surface area contributed by atoms with E-state index in [1.54, 1.807) is 18.2 Å². The summed E-state index contributed by atoms with van der Waals surface area (Å²) in [5, 5.41) is 0.592. The van der Waals surface area contributed by atoms with Crippen LogP contribution in [0.5, 0.6) is 11.5 Å². The largest absolute Gasteiger partial charge is 0.483 e. The number of rotatable bonds is 6. The van der Waals surface area contributed by atoms with Crippen LogP contribution in [0.15, 0.2) is 36.4 Å². The molecular formula is C25H33ClN2O4. The summed E-state index contributed by atoms with van der Waals surface area (Å²) in [5.41, 5.74) is 7.55. The Labute approximate surface area is 195 Å². The van der Waals surface area contributed by atoms with Crippen molar-refractivity contribution in [3.05, 3.63) is 58.1 Å². The van der Waals surface area contributed by atoms with Gasteiger partial charge in [0.2, 0.25) is 0 Å². The van der Waals surface area contributed by atoms with Gasteiger partial charge in [-0.05, 0) is 58.7 Å². The van der Waals surface area contributed by atoms with Gasteiger partial charge in [0.1, 0.15) is 11.5 Å². The van der Waals surface area contributed by atoms with Gasteiger partial charge in [-0.2, -0.15) is 0 Å². The number of hydrogen-bond donors (Lipinski definition) is 2. The lowest BCUT2D eigenvalue weighted by atomic mass is 9.80. The Balaban J connectivity index is 1.89. The lowest BCUT2D eigenvalue weighted by Crippen LogP contribution is -2.45. The van der Waals surface area contributed by atoms with Crippen molar-refractivity contribution in [1.82, 2.24) is 10.9 Å². The number of benzene rings is 2. The van der Waals surface area contributed by atoms with Crippen LogP contribution in [0.1, 0.15) is 58.2 Å². The fourth-order valence-electron chi connectivity index (χ4n) is 2.98. The lowest BCUT2D eigenvalue weighted by Gasteiger charge is -2.27. The summed E-state index contributed by atoms with van der Waals surface area (Å²) in [6, 6.07) is 11.2. The topological polar surface area (TPSA) is 76.7 Å². The van der Waals surface area contributed by atoms with E-state index in [0.717, 1.165) is 11.1 Å². The van der Waals surface area contributed by atoms with Gasteiger partial charge in [-0.1, -0.05) is 65.3 Å². The van der Waals surface area contributed by atoms with Crippen LogP contribution in [0.4, 0.5) is 0 Å². The van der Waals surface area contributed by atoms with Crippen molar-refractivity contribution >= 4 is 23.4 Å². The van der Waals surface area contributed by atoms with Gasteiger partial charge >= 0.3 is 0 Å². The van der Waals surface area contributed by atoms with Crippen molar-refractivity contribution in [1.29, 1.82) is 0 Å². The highest BCUT2D eigenvalue weighted by atomic mass is 35.5. The molecule has 2 rings (SSSR count). The second-order valence-corrected chi connectivity index (χ2v) is 10.2. The maximum Gasteiger partial charge on any atom is 0.276 e. The molecule has 0 aromatic heterocycles. The molecule has 0 fully saturated rings. The number of ether oxygens (including phenoxy) is 2. The Morgan fingerprint density at radius 1 is 0.812 bits per heavy atom. The number of hydrazine groups is 1. The molecule has 2 aromatic carbocycles. The van der Waals surface area contributed by atoms with Gasteiger partial charge in [-0.25, -0.2) is 0 Å². The van der Waals surface area contributed by atoms with E-state index in [9.17, 15) is 9.59 Å². The predicted molar refractivity (Wildman–Crippen MR) is 127 cm³/mol. The first kappa shape index (κ1) is 25.5. The number of halogens is 1. The minimum Gasteiger partial charge on any atom is -0.483 e. The molecule has 0 heterocycles. The molecule has 0 aliphatic heterocycles. The number of carbonyl (C=O) groups is 2. The zero-order valence-corrected chi connectivity index (χ0v) is 20.6. The molecule has 2 amide bonds. The molecule has 0 saturated carbocycles. The SMILES string of the molecule is Cc1cc(Cl)ccc1OCC(=O)NNC(=O)COc1ccc(C(C)(C)C)cc1C(C)(C)C. The van der Waals surface area contributed by atoms with Crippen LogP contribution in [-0.2, 0) is 20.4 Å². The standard InChI is InChI=1S/C25H33ClN2O4/c1-16-12-18(26)9-11-20(16)31-14-22(29)27-28-23(30)15-32-21-10-8-17(24(2,3)4)13-19(21)25(5,6)7/h8-13H,14-15H2,1-7H3,(H,27,29)(H,28,30). The predicted octanol–water partition coefficient (Wildman–Crippen LogP) is 4.85. The maximum absolute atomic E-state index is 12.2. The van der Waals surface area contributed by atoms with E-state index in [4.69, 9.17) is 21.1 Å². The van der Waals surface area contributed by atoms with Crippen LogP contribution in [0.3, 0.4) is 0 Å². The minimum absolute atomic E-state index is 0.00675. The molecule has 0 bridgehead atoms. The van der Waals surface area contributed by atoms with Gasteiger partial charge in [0.05, 0.1) is 0 Å². The van der Waals surface area contributed by atoms with Crippen LogP contribution in [-0.4, -0.2) is 25.0 Å². The smallest absolute Gasteiger partial charge is 0.276 e. The summed E-state index contributed by atoms with van der Waals surface area (Å²) >= 11 is 5.91. The highest BCUT2D eigenvalue weighted by Gasteiger charge is 2.23. The fraction of sp³-hybridized carbons (Fsp3) is 0.440. The number of nitrogens with one attached hydrogen (secondary N) is 2. The van der Waals surface area contributed by atoms with E-state index in [2.05, 4.69) is 58.5 Å². The Morgan fingerprint density at radius 3 is 1.84 bits per heavy atom. The van der Waals surface area contributed by atoms with Gasteiger partial charge in [0.25, 0.3) is 11.8 Å². The molecule has 2 aromatic rings. The zero-order valence-electron chi connectivity index (χ0n) is 19.9. The summed E-state index contributed by atoms with van der Waals surface area (Å²) in [6.07, 6.45) is 0. The third-order valence-electron chi connectivity index (χ3n) is 4.85. The van der Waals surface area contributed by atoms with E-state index in [-0.39, 0.29) is 24.0 Å². The van der Waals surface area contributed by atoms with Crippen LogP contribution in [0.25, 0.3) is 0 Å². The van der Waals surface area contributed by atoms with E-state index in [1.165, 1.54) is 5.56 Å². The van der Waals surface area contributed by atoms with Gasteiger partial charge in [-0.3, -0.25) is 20.4 Å². The Morgan fingerprint density at radius 2 is 1.34 bits per heavy atom. The molecule has 0 radical (unpaired) electrons. The number of aryl methyl sites for hydroxylation is 1. The van der Waals surface area contributed by atoms with Crippen molar-refractivity contribution < 1.29 is 19.1 Å². The fourth-order valence-corrected chi connectivity index (χ4v) is 3.21. The third-order valence-corrected chi connectivity index (χ3v) is 5.08. The molecule has 7 heteroatoms. The molecule has 0 spiro atoms. The van der Waals surface area contributed by atoms with Crippen molar-refractivity contribution in [2.24, 2.45) is 0 Å². The average molecular weight is 461 g/mol. The first-order valence-electron chi connectivity index (χ1n) is 10.5. The molecular weight excluding hydrogens is 428 g/mol. The number of hydrogen-bond acceptors (Lipinski definition) is 4. The Kier molecular flexibility index (Phi) is 8.18. The minimum atomic E-state index is -0.488. The van der Waals surface area contributed by atoms with E-state index < -0.39 is 11.8 Å². The average Bonchev–Trinajstić information content (AvgIpc) is 2.68. The third kappa shape index (κ3) is 7.45. The number of carbonyl (C=O) groups excluding carboxylic acids is 2. The first-order valence-corrected chi connectivity index (χ1v) is 10.9. The maximum atomic E-state index is 12.2. The van der Waals surface area contributed by atoms with Gasteiger partial charge in [0, 0.05) is 5.02 Å².